The third kappa shape index (κ3) is 5.98. The molecule has 0 radical (unpaired) electrons. The number of fused-ring (bicyclic) bond motifs is 1. The van der Waals surface area contributed by atoms with Gasteiger partial charge < -0.3 is 24.4 Å². The number of carbonyl (C=O) groups is 2. The van der Waals surface area contributed by atoms with E-state index in [0.717, 1.165) is 36.4 Å². The standard InChI is InChI=1S/C28H37N5O3/c1-6-31-12-11-22-17-23(19-29-25(22)31)26(34)30-18-20(2)21-7-9-24(10-8-21)32-13-15-33(16-14-32)27(35)36-28(3,4)5/h7-12,17,19-20H,6,13-16,18H2,1-5H3,(H,30,34)/t20-/m1/s1. The van der Waals surface area contributed by atoms with E-state index in [4.69, 9.17) is 4.74 Å². The number of nitrogens with one attached hydrogen (secondary N) is 1. The van der Waals surface area contributed by atoms with Gasteiger partial charge in [-0.05, 0) is 63.4 Å². The maximum absolute atomic E-state index is 12.7. The highest BCUT2D eigenvalue weighted by atomic mass is 16.6. The van der Waals surface area contributed by atoms with Gasteiger partial charge in [0.05, 0.1) is 5.56 Å². The molecule has 1 atom stereocenters. The number of ether oxygens (including phenoxy) is 1. The molecule has 8 heteroatoms. The number of hydrogen-bond acceptors (Lipinski definition) is 5. The molecule has 8 nitrogen and oxygen atoms in total. The van der Waals surface area contributed by atoms with Crippen LogP contribution in [0.15, 0.2) is 48.8 Å². The lowest BCUT2D eigenvalue weighted by atomic mass is 10.0. The number of hydrogen-bond donors (Lipinski definition) is 1. The molecule has 2 amide bonds. The van der Waals surface area contributed by atoms with Gasteiger partial charge in [-0.2, -0.15) is 0 Å². The predicted molar refractivity (Wildman–Crippen MR) is 143 cm³/mol. The fourth-order valence-electron chi connectivity index (χ4n) is 4.41. The van der Waals surface area contributed by atoms with Crippen LogP contribution in [0.4, 0.5) is 10.5 Å². The molecule has 0 aliphatic carbocycles. The number of benzene rings is 1. The maximum Gasteiger partial charge on any atom is 0.410 e. The SMILES string of the molecule is CCn1ccc2cc(C(=O)NC[C@@H](C)c3ccc(N4CCN(C(=O)OC(C)(C)C)CC4)cc3)cnc21. The van der Waals surface area contributed by atoms with Crippen LogP contribution in [0.2, 0.25) is 0 Å². The largest absolute Gasteiger partial charge is 0.444 e. The Bertz CT molecular complexity index is 1200. The summed E-state index contributed by atoms with van der Waals surface area (Å²) in [5, 5.41) is 4.02. The van der Waals surface area contributed by atoms with Crippen molar-refractivity contribution < 1.29 is 14.3 Å². The summed E-state index contributed by atoms with van der Waals surface area (Å²) in [6, 6.07) is 12.4. The summed E-state index contributed by atoms with van der Waals surface area (Å²) < 4.78 is 7.55. The molecule has 2 aromatic heterocycles. The summed E-state index contributed by atoms with van der Waals surface area (Å²) in [7, 11) is 0. The first-order valence-corrected chi connectivity index (χ1v) is 12.7. The van der Waals surface area contributed by atoms with Gasteiger partial charge in [0.15, 0.2) is 0 Å². The number of carbonyl (C=O) groups excluding carboxylic acids is 2. The third-order valence-corrected chi connectivity index (χ3v) is 6.53. The van der Waals surface area contributed by atoms with E-state index in [-0.39, 0.29) is 17.9 Å². The van der Waals surface area contributed by atoms with Crippen molar-refractivity contribution in [2.75, 3.05) is 37.6 Å². The lowest BCUT2D eigenvalue weighted by molar-refractivity contribution is 0.0240. The fraction of sp³-hybridized carbons (Fsp3) is 0.464. The molecule has 0 spiro atoms. The van der Waals surface area contributed by atoms with Crippen molar-refractivity contribution in [2.24, 2.45) is 0 Å². The predicted octanol–water partition coefficient (Wildman–Crippen LogP) is 4.65. The first-order valence-electron chi connectivity index (χ1n) is 12.7. The Hall–Kier alpha value is -3.55. The van der Waals surface area contributed by atoms with E-state index in [1.54, 1.807) is 11.1 Å². The van der Waals surface area contributed by atoms with Crippen molar-refractivity contribution in [1.82, 2.24) is 19.8 Å². The molecule has 1 N–H and O–H groups in total. The molecule has 1 aliphatic rings. The number of anilines is 1. The first kappa shape index (κ1) is 25.5. The number of piperazine rings is 1. The summed E-state index contributed by atoms with van der Waals surface area (Å²) in [6.45, 7) is 14.0. The quantitative estimate of drug-likeness (QED) is 0.543. The molecule has 1 aliphatic heterocycles. The number of aromatic nitrogens is 2. The molecule has 0 saturated carbocycles. The van der Waals surface area contributed by atoms with E-state index in [2.05, 4.69) is 57.9 Å². The van der Waals surface area contributed by atoms with E-state index in [9.17, 15) is 9.59 Å². The van der Waals surface area contributed by atoms with E-state index < -0.39 is 5.60 Å². The fourth-order valence-corrected chi connectivity index (χ4v) is 4.41. The zero-order chi connectivity index (χ0) is 25.9. The Balaban J connectivity index is 1.28. The lowest BCUT2D eigenvalue weighted by Gasteiger charge is -2.36. The molecular formula is C28H37N5O3. The molecule has 0 unspecified atom stereocenters. The van der Waals surface area contributed by atoms with Gasteiger partial charge in [-0.1, -0.05) is 19.1 Å². The second kappa shape index (κ2) is 10.6. The summed E-state index contributed by atoms with van der Waals surface area (Å²) in [5.41, 5.74) is 3.29. The molecule has 1 aromatic carbocycles. The van der Waals surface area contributed by atoms with Crippen LogP contribution in [0.1, 0.15) is 56.5 Å². The van der Waals surface area contributed by atoms with Crippen LogP contribution in [0.5, 0.6) is 0 Å². The topological polar surface area (TPSA) is 79.7 Å². The van der Waals surface area contributed by atoms with Gasteiger partial charge in [0, 0.05) is 62.7 Å². The maximum atomic E-state index is 12.7. The highest BCUT2D eigenvalue weighted by Gasteiger charge is 2.26. The van der Waals surface area contributed by atoms with Crippen LogP contribution in [0, 0.1) is 0 Å². The summed E-state index contributed by atoms with van der Waals surface area (Å²) in [4.78, 5) is 33.5. The molecule has 36 heavy (non-hydrogen) atoms. The van der Waals surface area contributed by atoms with Crippen molar-refractivity contribution in [2.45, 2.75) is 52.7 Å². The van der Waals surface area contributed by atoms with Gasteiger partial charge in [0.1, 0.15) is 11.2 Å². The van der Waals surface area contributed by atoms with Crippen LogP contribution in [0.3, 0.4) is 0 Å². The second-order valence-corrected chi connectivity index (χ2v) is 10.4. The van der Waals surface area contributed by atoms with Gasteiger partial charge >= 0.3 is 6.09 Å². The van der Waals surface area contributed by atoms with Crippen LogP contribution < -0.4 is 10.2 Å². The summed E-state index contributed by atoms with van der Waals surface area (Å²) >= 11 is 0. The average Bonchev–Trinajstić information content (AvgIpc) is 3.28. The van der Waals surface area contributed by atoms with Crippen LogP contribution in [-0.4, -0.2) is 64.8 Å². The van der Waals surface area contributed by atoms with Crippen molar-refractivity contribution in [3.8, 4) is 0 Å². The molecule has 4 rings (SSSR count). The molecule has 0 bridgehead atoms. The normalized spacial score (nSPS) is 15.1. The summed E-state index contributed by atoms with van der Waals surface area (Å²) in [6.07, 6.45) is 3.39. The van der Waals surface area contributed by atoms with E-state index in [1.807, 2.05) is 39.1 Å². The molecule has 1 saturated heterocycles. The second-order valence-electron chi connectivity index (χ2n) is 10.4. The minimum absolute atomic E-state index is 0.111. The molecular weight excluding hydrogens is 454 g/mol. The van der Waals surface area contributed by atoms with E-state index >= 15 is 0 Å². The highest BCUT2D eigenvalue weighted by molar-refractivity contribution is 5.97. The highest BCUT2D eigenvalue weighted by Crippen LogP contribution is 2.22. The molecule has 3 heterocycles. The zero-order valence-electron chi connectivity index (χ0n) is 22.0. The Labute approximate surface area is 213 Å². The Morgan fingerprint density at radius 2 is 1.78 bits per heavy atom. The number of rotatable bonds is 6. The molecule has 3 aromatic rings. The van der Waals surface area contributed by atoms with Crippen LogP contribution in [-0.2, 0) is 11.3 Å². The van der Waals surface area contributed by atoms with Gasteiger partial charge in [0.25, 0.3) is 5.91 Å². The van der Waals surface area contributed by atoms with Gasteiger partial charge in [0.2, 0.25) is 0 Å². The number of nitrogens with zero attached hydrogens (tertiary/aromatic N) is 4. The summed E-state index contributed by atoms with van der Waals surface area (Å²) in [5.74, 6) is 0.0601. The van der Waals surface area contributed by atoms with Gasteiger partial charge in [-0.25, -0.2) is 9.78 Å². The number of pyridine rings is 1. The third-order valence-electron chi connectivity index (χ3n) is 6.53. The monoisotopic (exact) mass is 491 g/mol. The zero-order valence-corrected chi connectivity index (χ0v) is 22.0. The van der Waals surface area contributed by atoms with Crippen LogP contribution in [0.25, 0.3) is 11.0 Å². The van der Waals surface area contributed by atoms with Crippen molar-refractivity contribution in [3.05, 3.63) is 59.9 Å². The van der Waals surface area contributed by atoms with Crippen molar-refractivity contribution in [3.63, 3.8) is 0 Å². The number of amides is 2. The van der Waals surface area contributed by atoms with Gasteiger partial charge in [-0.3, -0.25) is 4.79 Å². The average molecular weight is 492 g/mol. The smallest absolute Gasteiger partial charge is 0.410 e. The minimum Gasteiger partial charge on any atom is -0.444 e. The van der Waals surface area contributed by atoms with E-state index in [0.29, 0.717) is 25.2 Å². The van der Waals surface area contributed by atoms with Crippen LogP contribution >= 0.6 is 0 Å². The minimum atomic E-state index is -0.480. The Kier molecular flexibility index (Phi) is 7.52. The Morgan fingerprint density at radius 1 is 1.08 bits per heavy atom. The lowest BCUT2D eigenvalue weighted by Crippen LogP contribution is -2.50. The number of aryl methyl sites for hydroxylation is 1. The molecule has 1 fully saturated rings. The van der Waals surface area contributed by atoms with Crippen molar-refractivity contribution in [1.29, 1.82) is 0 Å². The molecule has 192 valence electrons. The Morgan fingerprint density at radius 3 is 2.42 bits per heavy atom. The first-order chi connectivity index (χ1) is 17.1. The van der Waals surface area contributed by atoms with E-state index in [1.165, 1.54) is 5.56 Å². The van der Waals surface area contributed by atoms with Gasteiger partial charge in [-0.15, -0.1) is 0 Å². The van der Waals surface area contributed by atoms with Crippen molar-refractivity contribution >= 4 is 28.7 Å².